The minimum atomic E-state index is -0.608. The first-order chi connectivity index (χ1) is 14.9. The number of rotatable bonds is 4. The summed E-state index contributed by atoms with van der Waals surface area (Å²) in [7, 11) is 0. The standard InChI is InChI=1S/C24H23N3O4/c1-14-11-12-16(13-19(14)27(30)31)22-21(24(29)26-17-7-4-3-5-8-17)15(2)25-18-9-6-10-20(28)23(18)22/h3-5,7-8,11-13,22-23H,6,9-10H2,1-2H3,(H,26,29)/t22-,23?/m1/s1. The molecule has 2 aliphatic rings. The predicted octanol–water partition coefficient (Wildman–Crippen LogP) is 4.72. The lowest BCUT2D eigenvalue weighted by Gasteiger charge is -2.36. The molecule has 0 spiro atoms. The van der Waals surface area contributed by atoms with Gasteiger partial charge >= 0.3 is 0 Å². The van der Waals surface area contributed by atoms with Crippen LogP contribution in [0.15, 0.2) is 64.8 Å². The van der Waals surface area contributed by atoms with Crippen molar-refractivity contribution in [1.82, 2.24) is 0 Å². The lowest BCUT2D eigenvalue weighted by Crippen LogP contribution is -2.39. The van der Waals surface area contributed by atoms with Crippen molar-refractivity contribution in [2.24, 2.45) is 10.9 Å². The van der Waals surface area contributed by atoms with Crippen LogP contribution < -0.4 is 5.32 Å². The van der Waals surface area contributed by atoms with E-state index in [-0.39, 0.29) is 17.4 Å². The van der Waals surface area contributed by atoms with Crippen LogP contribution in [0.3, 0.4) is 0 Å². The van der Waals surface area contributed by atoms with Crippen LogP contribution in [0, 0.1) is 23.0 Å². The number of carbonyl (C=O) groups excluding carboxylic acids is 2. The first kappa shape index (κ1) is 20.7. The molecule has 0 aromatic heterocycles. The number of nitrogens with one attached hydrogen (secondary N) is 1. The second kappa shape index (κ2) is 8.26. The molecule has 1 aliphatic heterocycles. The van der Waals surface area contributed by atoms with E-state index in [1.54, 1.807) is 38.1 Å². The number of carbonyl (C=O) groups is 2. The van der Waals surface area contributed by atoms with Crippen LogP contribution in [0.2, 0.25) is 0 Å². The molecule has 7 nitrogen and oxygen atoms in total. The number of allylic oxidation sites excluding steroid dienone is 1. The number of fused-ring (bicyclic) bond motifs is 1. The molecule has 2 aromatic rings. The maximum Gasteiger partial charge on any atom is 0.272 e. The van der Waals surface area contributed by atoms with Gasteiger partial charge in [0, 0.05) is 46.6 Å². The first-order valence-electron chi connectivity index (χ1n) is 10.3. The van der Waals surface area contributed by atoms with Crippen LogP contribution in [0.1, 0.15) is 43.2 Å². The van der Waals surface area contributed by atoms with E-state index in [1.807, 2.05) is 18.2 Å². The molecule has 0 bridgehead atoms. The van der Waals surface area contributed by atoms with Gasteiger partial charge in [-0.05, 0) is 44.4 Å². The minimum absolute atomic E-state index is 0.0229. The zero-order valence-corrected chi connectivity index (χ0v) is 17.4. The maximum atomic E-state index is 13.3. The SMILES string of the molecule is CC1=C(C(=O)Nc2ccccc2)[C@@H](c2ccc(C)c([N+](=O)[O-])c2)C2C(=O)CCCC2=N1. The molecule has 31 heavy (non-hydrogen) atoms. The van der Waals surface area contributed by atoms with Crippen LogP contribution in [0.4, 0.5) is 11.4 Å². The summed E-state index contributed by atoms with van der Waals surface area (Å²) in [5, 5.41) is 14.4. The van der Waals surface area contributed by atoms with Crippen molar-refractivity contribution in [1.29, 1.82) is 0 Å². The quantitative estimate of drug-likeness (QED) is 0.574. The van der Waals surface area contributed by atoms with Crippen molar-refractivity contribution in [3.05, 3.63) is 81.0 Å². The number of aryl methyl sites for hydroxylation is 1. The van der Waals surface area contributed by atoms with Crippen molar-refractivity contribution in [2.45, 2.75) is 39.0 Å². The van der Waals surface area contributed by atoms with Gasteiger partial charge in [-0.1, -0.05) is 30.3 Å². The van der Waals surface area contributed by atoms with Gasteiger partial charge in [-0.3, -0.25) is 24.7 Å². The summed E-state index contributed by atoms with van der Waals surface area (Å²) in [6, 6.07) is 14.0. The molecular formula is C24H23N3O4. The molecule has 1 N–H and O–H groups in total. The zero-order valence-electron chi connectivity index (χ0n) is 17.4. The number of aliphatic imine (C=N–C) groups is 1. The largest absolute Gasteiger partial charge is 0.322 e. The summed E-state index contributed by atoms with van der Waals surface area (Å²) in [4.78, 5) is 42.1. The number of para-hydroxylation sites is 1. The molecule has 2 atom stereocenters. The minimum Gasteiger partial charge on any atom is -0.322 e. The Morgan fingerprint density at radius 1 is 1.10 bits per heavy atom. The molecule has 1 amide bonds. The van der Waals surface area contributed by atoms with Crippen molar-refractivity contribution in [2.75, 3.05) is 5.32 Å². The summed E-state index contributed by atoms with van der Waals surface area (Å²) in [5.41, 5.74) is 3.41. The van der Waals surface area contributed by atoms with Crippen molar-refractivity contribution in [3.8, 4) is 0 Å². The number of anilines is 1. The maximum absolute atomic E-state index is 13.3. The lowest BCUT2D eigenvalue weighted by molar-refractivity contribution is -0.385. The molecule has 0 radical (unpaired) electrons. The van der Waals surface area contributed by atoms with Gasteiger partial charge in [0.15, 0.2) is 0 Å². The summed E-state index contributed by atoms with van der Waals surface area (Å²) < 4.78 is 0. The molecule has 0 saturated heterocycles. The van der Waals surface area contributed by atoms with Gasteiger partial charge in [0.25, 0.3) is 11.6 Å². The highest BCUT2D eigenvalue weighted by Crippen LogP contribution is 2.44. The summed E-state index contributed by atoms with van der Waals surface area (Å²) in [5.74, 6) is -1.51. The molecule has 1 saturated carbocycles. The molecule has 4 rings (SSSR count). The van der Waals surface area contributed by atoms with E-state index in [0.29, 0.717) is 40.9 Å². The number of hydrogen-bond donors (Lipinski definition) is 1. The fraction of sp³-hybridized carbons (Fsp3) is 0.292. The van der Waals surface area contributed by atoms with Gasteiger partial charge in [-0.2, -0.15) is 0 Å². The lowest BCUT2D eigenvalue weighted by atomic mass is 9.69. The Morgan fingerprint density at radius 2 is 1.84 bits per heavy atom. The summed E-state index contributed by atoms with van der Waals surface area (Å²) in [6.45, 7) is 3.43. The number of Topliss-reactive ketones (excluding diaryl/α,β-unsaturated/α-hetero) is 1. The molecule has 1 fully saturated rings. The van der Waals surface area contributed by atoms with Crippen LogP contribution in [0.5, 0.6) is 0 Å². The summed E-state index contributed by atoms with van der Waals surface area (Å²) >= 11 is 0. The number of nitro benzene ring substituents is 1. The molecular weight excluding hydrogens is 394 g/mol. The molecule has 1 heterocycles. The predicted molar refractivity (Wildman–Crippen MR) is 118 cm³/mol. The van der Waals surface area contributed by atoms with Gasteiger partial charge in [0.2, 0.25) is 0 Å². The number of benzene rings is 2. The third kappa shape index (κ3) is 3.91. The molecule has 158 valence electrons. The molecule has 1 unspecified atom stereocenters. The number of nitro groups is 1. The van der Waals surface area contributed by atoms with Gasteiger partial charge in [-0.15, -0.1) is 0 Å². The van der Waals surface area contributed by atoms with E-state index < -0.39 is 16.8 Å². The number of nitrogens with zero attached hydrogens (tertiary/aromatic N) is 2. The van der Waals surface area contributed by atoms with Gasteiger partial charge in [0.05, 0.1) is 10.8 Å². The van der Waals surface area contributed by atoms with E-state index in [9.17, 15) is 19.7 Å². The zero-order chi connectivity index (χ0) is 22.1. The smallest absolute Gasteiger partial charge is 0.272 e. The average molecular weight is 417 g/mol. The monoisotopic (exact) mass is 417 g/mol. The van der Waals surface area contributed by atoms with Gasteiger partial charge in [-0.25, -0.2) is 0 Å². The topological polar surface area (TPSA) is 102 Å². The molecule has 1 aliphatic carbocycles. The van der Waals surface area contributed by atoms with Crippen LogP contribution >= 0.6 is 0 Å². The van der Waals surface area contributed by atoms with Crippen LogP contribution in [-0.2, 0) is 9.59 Å². The second-order valence-corrected chi connectivity index (χ2v) is 8.00. The van der Waals surface area contributed by atoms with Crippen LogP contribution in [0.25, 0.3) is 0 Å². The average Bonchev–Trinajstić information content (AvgIpc) is 2.73. The summed E-state index contributed by atoms with van der Waals surface area (Å²) in [6.07, 6.45) is 1.83. The van der Waals surface area contributed by atoms with Crippen molar-refractivity contribution >= 4 is 28.8 Å². The number of ketones is 1. The Kier molecular flexibility index (Phi) is 5.50. The highest BCUT2D eigenvalue weighted by atomic mass is 16.6. The Hall–Kier alpha value is -3.61. The van der Waals surface area contributed by atoms with Crippen molar-refractivity contribution < 1.29 is 14.5 Å². The highest BCUT2D eigenvalue weighted by molar-refractivity contribution is 6.14. The molecule has 7 heteroatoms. The fourth-order valence-corrected chi connectivity index (χ4v) is 4.51. The normalized spacial score (nSPS) is 20.7. The third-order valence-corrected chi connectivity index (χ3v) is 5.97. The van der Waals surface area contributed by atoms with E-state index in [0.717, 1.165) is 12.1 Å². The first-order valence-corrected chi connectivity index (χ1v) is 10.3. The highest BCUT2D eigenvalue weighted by Gasteiger charge is 2.43. The van der Waals surface area contributed by atoms with E-state index >= 15 is 0 Å². The Bertz CT molecular complexity index is 1130. The van der Waals surface area contributed by atoms with E-state index in [1.165, 1.54) is 6.07 Å². The number of amides is 1. The van der Waals surface area contributed by atoms with E-state index in [2.05, 4.69) is 10.3 Å². The van der Waals surface area contributed by atoms with E-state index in [4.69, 9.17) is 0 Å². The number of hydrogen-bond acceptors (Lipinski definition) is 5. The fourth-order valence-electron chi connectivity index (χ4n) is 4.51. The van der Waals surface area contributed by atoms with Gasteiger partial charge < -0.3 is 5.32 Å². The third-order valence-electron chi connectivity index (χ3n) is 5.97. The van der Waals surface area contributed by atoms with Gasteiger partial charge in [0.1, 0.15) is 5.78 Å². The van der Waals surface area contributed by atoms with Crippen LogP contribution in [-0.4, -0.2) is 22.3 Å². The second-order valence-electron chi connectivity index (χ2n) is 8.00. The molecule has 2 aromatic carbocycles. The Labute approximate surface area is 180 Å². The van der Waals surface area contributed by atoms with Crippen molar-refractivity contribution in [3.63, 3.8) is 0 Å². The Balaban J connectivity index is 1.84. The Morgan fingerprint density at radius 3 is 2.55 bits per heavy atom.